The lowest BCUT2D eigenvalue weighted by atomic mass is 10.00. The zero-order chi connectivity index (χ0) is 27.8. The molecule has 1 aliphatic heterocycles. The first kappa shape index (κ1) is 29.5. The molecular formula is C28H35BrN4O4S2. The number of sulfonamides is 1. The zero-order valence-corrected chi connectivity index (χ0v) is 25.1. The van der Waals surface area contributed by atoms with Gasteiger partial charge in [0.2, 0.25) is 10.0 Å². The molecule has 39 heavy (non-hydrogen) atoms. The molecule has 2 heterocycles. The summed E-state index contributed by atoms with van der Waals surface area (Å²) in [4.78, 5) is 14.7. The van der Waals surface area contributed by atoms with Crippen LogP contribution >= 0.6 is 27.3 Å². The summed E-state index contributed by atoms with van der Waals surface area (Å²) in [5.74, 6) is -0.270. The molecule has 2 atom stereocenters. The smallest absolute Gasteiger partial charge is 0.251 e. The van der Waals surface area contributed by atoms with Crippen molar-refractivity contribution in [1.29, 1.82) is 0 Å². The molecule has 2 aromatic carbocycles. The Morgan fingerprint density at radius 1 is 1.15 bits per heavy atom. The largest absolute Gasteiger partial charge is 0.390 e. The fourth-order valence-electron chi connectivity index (χ4n) is 4.61. The lowest BCUT2D eigenvalue weighted by Crippen LogP contribution is -2.48. The number of nitrogens with zero attached hydrogens (tertiary/aromatic N) is 1. The molecule has 210 valence electrons. The van der Waals surface area contributed by atoms with Crippen molar-refractivity contribution < 1.29 is 18.3 Å². The molecule has 0 saturated carbocycles. The highest BCUT2D eigenvalue weighted by molar-refractivity contribution is 9.10. The zero-order valence-electron chi connectivity index (χ0n) is 21.9. The number of thiophene rings is 1. The van der Waals surface area contributed by atoms with Crippen molar-refractivity contribution in [2.24, 2.45) is 0 Å². The third-order valence-corrected chi connectivity index (χ3v) is 10.1. The number of halogens is 1. The van der Waals surface area contributed by atoms with E-state index in [9.17, 15) is 18.3 Å². The van der Waals surface area contributed by atoms with Crippen molar-refractivity contribution in [3.63, 3.8) is 0 Å². The molecule has 0 aliphatic carbocycles. The molecule has 1 saturated heterocycles. The van der Waals surface area contributed by atoms with Gasteiger partial charge in [-0.3, -0.25) is 9.10 Å². The highest BCUT2D eigenvalue weighted by atomic mass is 79.9. The summed E-state index contributed by atoms with van der Waals surface area (Å²) in [6.45, 7) is 3.86. The second-order valence-corrected chi connectivity index (χ2v) is 13.5. The lowest BCUT2D eigenvalue weighted by Gasteiger charge is -2.29. The van der Waals surface area contributed by atoms with E-state index in [1.54, 1.807) is 29.5 Å². The molecule has 0 spiro atoms. The molecule has 1 aliphatic rings. The first-order valence-corrected chi connectivity index (χ1v) is 16.4. The normalized spacial score (nSPS) is 16.4. The fraction of sp³-hybridized carbons (Fsp3) is 0.393. The summed E-state index contributed by atoms with van der Waals surface area (Å²) in [5.41, 5.74) is 2.48. The number of anilines is 2. The summed E-state index contributed by atoms with van der Waals surface area (Å²) in [6, 6.07) is 16.3. The Morgan fingerprint density at radius 2 is 1.95 bits per heavy atom. The molecule has 4 rings (SSSR count). The van der Waals surface area contributed by atoms with E-state index in [0.29, 0.717) is 56.0 Å². The van der Waals surface area contributed by atoms with Crippen LogP contribution in [0.4, 0.5) is 11.4 Å². The highest BCUT2D eigenvalue weighted by Gasteiger charge is 2.28. The predicted octanol–water partition coefficient (Wildman–Crippen LogP) is 4.36. The molecule has 1 fully saturated rings. The van der Waals surface area contributed by atoms with E-state index in [1.807, 2.05) is 48.7 Å². The van der Waals surface area contributed by atoms with Gasteiger partial charge in [0.05, 0.1) is 23.6 Å². The van der Waals surface area contributed by atoms with Crippen LogP contribution in [0.5, 0.6) is 0 Å². The molecule has 0 radical (unpaired) electrons. The number of carbonyl (C=O) groups is 1. The predicted molar refractivity (Wildman–Crippen MR) is 162 cm³/mol. The van der Waals surface area contributed by atoms with Crippen molar-refractivity contribution in [3.05, 3.63) is 80.5 Å². The molecule has 3 aromatic rings. The van der Waals surface area contributed by atoms with Crippen LogP contribution in [-0.2, 0) is 23.0 Å². The van der Waals surface area contributed by atoms with Crippen LogP contribution in [-0.4, -0.2) is 57.0 Å². The fourth-order valence-corrected chi connectivity index (χ4v) is 7.65. The first-order chi connectivity index (χ1) is 18.7. The lowest BCUT2D eigenvalue weighted by molar-refractivity contribution is 0.0830. The maximum Gasteiger partial charge on any atom is 0.251 e. The molecule has 11 heteroatoms. The number of aliphatic hydroxyl groups is 1. The minimum Gasteiger partial charge on any atom is -0.390 e. The van der Waals surface area contributed by atoms with Gasteiger partial charge in [0.25, 0.3) is 5.91 Å². The van der Waals surface area contributed by atoms with Crippen LogP contribution < -0.4 is 20.3 Å². The van der Waals surface area contributed by atoms with Crippen LogP contribution in [0.3, 0.4) is 0 Å². The van der Waals surface area contributed by atoms with Crippen LogP contribution in [0.2, 0.25) is 0 Å². The van der Waals surface area contributed by atoms with E-state index in [4.69, 9.17) is 0 Å². The Labute approximate surface area is 243 Å². The maximum atomic E-state index is 13.6. The van der Waals surface area contributed by atoms with Gasteiger partial charge < -0.3 is 21.1 Å². The van der Waals surface area contributed by atoms with Gasteiger partial charge in [0.1, 0.15) is 0 Å². The second-order valence-electron chi connectivity index (χ2n) is 9.59. The summed E-state index contributed by atoms with van der Waals surface area (Å²) < 4.78 is 28.0. The quantitative estimate of drug-likeness (QED) is 0.236. The summed E-state index contributed by atoms with van der Waals surface area (Å²) in [7, 11) is -3.44. The van der Waals surface area contributed by atoms with Gasteiger partial charge >= 0.3 is 0 Å². The van der Waals surface area contributed by atoms with Gasteiger partial charge in [-0.2, -0.15) is 0 Å². The highest BCUT2D eigenvalue weighted by Crippen LogP contribution is 2.28. The van der Waals surface area contributed by atoms with Crippen molar-refractivity contribution in [2.75, 3.05) is 35.0 Å². The maximum absolute atomic E-state index is 13.6. The van der Waals surface area contributed by atoms with Gasteiger partial charge in [0, 0.05) is 52.2 Å². The molecule has 0 bridgehead atoms. The van der Waals surface area contributed by atoms with Crippen LogP contribution in [0, 0.1) is 0 Å². The number of carbonyl (C=O) groups excluding carboxylic acids is 1. The average Bonchev–Trinajstić information content (AvgIpc) is 3.33. The van der Waals surface area contributed by atoms with E-state index >= 15 is 0 Å². The van der Waals surface area contributed by atoms with Crippen LogP contribution in [0.1, 0.15) is 40.6 Å². The summed E-state index contributed by atoms with van der Waals surface area (Å²) >= 11 is 5.08. The third kappa shape index (κ3) is 8.28. The van der Waals surface area contributed by atoms with E-state index in [-0.39, 0.29) is 11.7 Å². The molecule has 1 amide bonds. The Bertz CT molecular complexity index is 1350. The van der Waals surface area contributed by atoms with E-state index in [2.05, 4.69) is 31.9 Å². The molecule has 1 aromatic heterocycles. The standard InChI is InChI=1S/C28H35BrN4O4S2/c1-2-31-23-13-21(14-24(16-23)33-10-6-7-11-39(33,36)37)28(35)32-26(12-20-8-4-3-5-9-20)27(34)18-30-17-25-15-22(29)19-38-25/h3-5,8-9,13-16,19,26-27,30-31,34H,2,6-7,10-12,17-18H2,1H3,(H,32,35)/t26-,27+/m0/s1. The Hall–Kier alpha value is -2.44. The van der Waals surface area contributed by atoms with Gasteiger partial charge in [0.15, 0.2) is 0 Å². The van der Waals surface area contributed by atoms with Gasteiger partial charge in [-0.1, -0.05) is 30.3 Å². The number of nitrogens with one attached hydrogen (secondary N) is 3. The van der Waals surface area contributed by atoms with Gasteiger partial charge in [-0.25, -0.2) is 8.42 Å². The second kappa shape index (κ2) is 13.8. The SMILES string of the molecule is CCNc1cc(C(=O)N[C@@H](Cc2ccccc2)[C@H](O)CNCc2cc(Br)cs2)cc(N2CCCCS2(=O)=O)c1. The number of benzene rings is 2. The van der Waals surface area contributed by atoms with Crippen molar-refractivity contribution in [2.45, 2.75) is 44.9 Å². The van der Waals surface area contributed by atoms with E-state index in [0.717, 1.165) is 21.3 Å². The minimum absolute atomic E-state index is 0.0979. The van der Waals surface area contributed by atoms with E-state index < -0.39 is 22.2 Å². The van der Waals surface area contributed by atoms with Crippen molar-refractivity contribution in [3.8, 4) is 0 Å². The molecule has 8 nitrogen and oxygen atoms in total. The first-order valence-electron chi connectivity index (χ1n) is 13.1. The van der Waals surface area contributed by atoms with Crippen molar-refractivity contribution in [1.82, 2.24) is 10.6 Å². The number of rotatable bonds is 12. The van der Waals surface area contributed by atoms with Gasteiger partial charge in [-0.15, -0.1) is 11.3 Å². The number of hydrogen-bond acceptors (Lipinski definition) is 7. The van der Waals surface area contributed by atoms with Crippen molar-refractivity contribution >= 4 is 54.6 Å². The molecule has 0 unspecified atom stereocenters. The Morgan fingerprint density at radius 3 is 2.64 bits per heavy atom. The monoisotopic (exact) mass is 634 g/mol. The third-order valence-electron chi connectivity index (χ3n) is 6.55. The Kier molecular flexibility index (Phi) is 10.4. The average molecular weight is 636 g/mol. The van der Waals surface area contributed by atoms with E-state index in [1.165, 1.54) is 4.31 Å². The van der Waals surface area contributed by atoms with Crippen LogP contribution in [0.25, 0.3) is 0 Å². The summed E-state index contributed by atoms with van der Waals surface area (Å²) in [5, 5.41) is 22.7. The number of aliphatic hydroxyl groups excluding tert-OH is 1. The molecule has 4 N–H and O–H groups in total. The molecular weight excluding hydrogens is 600 g/mol. The van der Waals surface area contributed by atoms with Gasteiger partial charge in [-0.05, 0) is 71.9 Å². The number of amides is 1. The van der Waals surface area contributed by atoms with Crippen LogP contribution in [0.15, 0.2) is 64.5 Å². The minimum atomic E-state index is -3.44. The summed E-state index contributed by atoms with van der Waals surface area (Å²) in [6.07, 6.45) is 1.000. The topological polar surface area (TPSA) is 111 Å². The Balaban J connectivity index is 1.54. The number of hydrogen-bond donors (Lipinski definition) is 4.